The van der Waals surface area contributed by atoms with Gasteiger partial charge in [0.25, 0.3) is 5.56 Å². The van der Waals surface area contributed by atoms with Crippen LogP contribution in [-0.2, 0) is 11.3 Å². The predicted molar refractivity (Wildman–Crippen MR) is 113 cm³/mol. The number of hydrogen-bond donors (Lipinski definition) is 2. The molecule has 0 bridgehead atoms. The number of carbonyl (C=O) groups excluding carboxylic acids is 1. The van der Waals surface area contributed by atoms with Gasteiger partial charge in [-0.2, -0.15) is 0 Å². The molecule has 6 nitrogen and oxygen atoms in total. The molecule has 0 aliphatic heterocycles. The molecule has 3 unspecified atom stereocenters. The molecule has 1 aliphatic rings. The van der Waals surface area contributed by atoms with Crippen LogP contribution in [0, 0.1) is 5.92 Å². The van der Waals surface area contributed by atoms with Crippen LogP contribution in [0.1, 0.15) is 24.8 Å². The van der Waals surface area contributed by atoms with Gasteiger partial charge in [0.15, 0.2) is 0 Å². The van der Waals surface area contributed by atoms with Crippen molar-refractivity contribution >= 4 is 34.1 Å². The molecule has 1 aliphatic carbocycles. The van der Waals surface area contributed by atoms with Gasteiger partial charge in [0.2, 0.25) is 5.91 Å². The molecule has 150 valence electrons. The number of benzene rings is 2. The number of anilines is 1. The van der Waals surface area contributed by atoms with Crippen LogP contribution in [0.15, 0.2) is 59.7 Å². The van der Waals surface area contributed by atoms with Crippen LogP contribution in [-0.4, -0.2) is 32.0 Å². The van der Waals surface area contributed by atoms with Crippen molar-refractivity contribution in [1.82, 2.24) is 9.55 Å². The number of rotatable bonds is 4. The highest BCUT2D eigenvalue weighted by molar-refractivity contribution is 6.21. The van der Waals surface area contributed by atoms with E-state index in [9.17, 15) is 14.7 Å². The maximum atomic E-state index is 13.1. The Morgan fingerprint density at radius 1 is 1.17 bits per heavy atom. The minimum absolute atomic E-state index is 0.187. The van der Waals surface area contributed by atoms with Gasteiger partial charge in [-0.05, 0) is 37.0 Å². The van der Waals surface area contributed by atoms with Gasteiger partial charge in [0.05, 0.1) is 40.9 Å². The first-order valence-electron chi connectivity index (χ1n) is 9.68. The van der Waals surface area contributed by atoms with Gasteiger partial charge >= 0.3 is 0 Å². The summed E-state index contributed by atoms with van der Waals surface area (Å²) in [5, 5.41) is 12.6. The fourth-order valence-corrected chi connectivity index (χ4v) is 4.11. The molecule has 7 heteroatoms. The van der Waals surface area contributed by atoms with Crippen molar-refractivity contribution in [1.29, 1.82) is 0 Å². The maximum Gasteiger partial charge on any atom is 0.263 e. The lowest BCUT2D eigenvalue weighted by atomic mass is 9.86. The summed E-state index contributed by atoms with van der Waals surface area (Å²) in [5.74, 6) is -0.479. The van der Waals surface area contributed by atoms with Gasteiger partial charge in [0.1, 0.15) is 0 Å². The standard InChI is InChI=1S/C22H22ClN3O3/c23-16-11-15(9-10-19(16)27)21(28)25-18-8-4-7-17-20(18)22(29)26(13-24-17)12-14-5-2-1-3-6-14/h1-8,13,15-16,19,27H,9-12H2,(H,25,28). The summed E-state index contributed by atoms with van der Waals surface area (Å²) in [6, 6.07) is 14.9. The van der Waals surface area contributed by atoms with Crippen molar-refractivity contribution in [3.63, 3.8) is 0 Å². The molecule has 1 heterocycles. The molecule has 1 saturated carbocycles. The zero-order valence-electron chi connectivity index (χ0n) is 15.8. The Labute approximate surface area is 173 Å². The summed E-state index contributed by atoms with van der Waals surface area (Å²) in [6.07, 6.45) is 2.43. The second-order valence-corrected chi connectivity index (χ2v) is 8.01. The number of aliphatic hydroxyl groups excluding tert-OH is 1. The van der Waals surface area contributed by atoms with Crippen molar-refractivity contribution in [2.24, 2.45) is 5.92 Å². The number of fused-ring (bicyclic) bond motifs is 1. The summed E-state index contributed by atoms with van der Waals surface area (Å²) in [5.41, 5.74) is 1.77. The van der Waals surface area contributed by atoms with Gasteiger partial charge in [-0.25, -0.2) is 4.98 Å². The predicted octanol–water partition coefficient (Wildman–Crippen LogP) is 3.15. The lowest BCUT2D eigenvalue weighted by Gasteiger charge is -2.28. The Morgan fingerprint density at radius 3 is 2.72 bits per heavy atom. The van der Waals surface area contributed by atoms with Crippen LogP contribution in [0.4, 0.5) is 5.69 Å². The molecule has 1 fully saturated rings. The molecule has 3 aromatic rings. The van der Waals surface area contributed by atoms with Crippen LogP contribution >= 0.6 is 11.6 Å². The highest BCUT2D eigenvalue weighted by Gasteiger charge is 2.32. The maximum absolute atomic E-state index is 13.1. The van der Waals surface area contributed by atoms with Gasteiger partial charge in [-0.15, -0.1) is 11.6 Å². The second-order valence-electron chi connectivity index (χ2n) is 7.45. The summed E-state index contributed by atoms with van der Waals surface area (Å²) in [7, 11) is 0. The first-order chi connectivity index (χ1) is 14.0. The average molecular weight is 412 g/mol. The van der Waals surface area contributed by atoms with Gasteiger partial charge in [-0.3, -0.25) is 14.2 Å². The molecule has 0 spiro atoms. The largest absolute Gasteiger partial charge is 0.392 e. The van der Waals surface area contributed by atoms with E-state index in [4.69, 9.17) is 11.6 Å². The van der Waals surface area contributed by atoms with E-state index in [1.807, 2.05) is 30.3 Å². The first-order valence-corrected chi connectivity index (χ1v) is 10.1. The fourth-order valence-electron chi connectivity index (χ4n) is 3.77. The fraction of sp³-hybridized carbons (Fsp3) is 0.318. The van der Waals surface area contributed by atoms with Crippen LogP contribution in [0.3, 0.4) is 0 Å². The van der Waals surface area contributed by atoms with Gasteiger partial charge in [0, 0.05) is 5.92 Å². The highest BCUT2D eigenvalue weighted by atomic mass is 35.5. The number of nitrogens with one attached hydrogen (secondary N) is 1. The molecule has 1 aromatic heterocycles. The molecule has 2 N–H and O–H groups in total. The number of alkyl halides is 1. The third-order valence-corrected chi connectivity index (χ3v) is 5.88. The van der Waals surface area contributed by atoms with Crippen LogP contribution in [0.5, 0.6) is 0 Å². The number of aromatic nitrogens is 2. The molecule has 3 atom stereocenters. The summed E-state index contributed by atoms with van der Waals surface area (Å²) < 4.78 is 1.54. The second kappa shape index (κ2) is 8.35. The quantitative estimate of drug-likeness (QED) is 0.646. The van der Waals surface area contributed by atoms with E-state index in [-0.39, 0.29) is 17.4 Å². The smallest absolute Gasteiger partial charge is 0.263 e. The van der Waals surface area contributed by atoms with Crippen molar-refractivity contribution in [3.05, 3.63) is 70.8 Å². The molecule has 1 amide bonds. The Balaban J connectivity index is 1.63. The first kappa shape index (κ1) is 19.6. The summed E-state index contributed by atoms with van der Waals surface area (Å²) in [4.78, 5) is 30.3. The van der Waals surface area contributed by atoms with E-state index in [1.54, 1.807) is 22.8 Å². The Hall–Kier alpha value is -2.70. The topological polar surface area (TPSA) is 84.2 Å². The third-order valence-electron chi connectivity index (χ3n) is 5.42. The minimum atomic E-state index is -0.576. The highest BCUT2D eigenvalue weighted by Crippen LogP contribution is 2.30. The van der Waals surface area contributed by atoms with Crippen LogP contribution < -0.4 is 10.9 Å². The van der Waals surface area contributed by atoms with E-state index in [1.165, 1.54) is 6.33 Å². The number of hydrogen-bond acceptors (Lipinski definition) is 4. The van der Waals surface area contributed by atoms with Crippen LogP contribution in [0.25, 0.3) is 10.9 Å². The zero-order valence-corrected chi connectivity index (χ0v) is 16.5. The SMILES string of the molecule is O=C(Nc1cccc2ncn(Cc3ccccc3)c(=O)c12)C1CCC(O)C(Cl)C1. The van der Waals surface area contributed by atoms with Crippen molar-refractivity contribution in [3.8, 4) is 0 Å². The Bertz CT molecular complexity index is 1080. The Kier molecular flexibility index (Phi) is 5.65. The van der Waals surface area contributed by atoms with Gasteiger partial charge in [-0.1, -0.05) is 36.4 Å². The number of carbonyl (C=O) groups is 1. The van der Waals surface area contributed by atoms with Gasteiger partial charge < -0.3 is 10.4 Å². The summed E-state index contributed by atoms with van der Waals surface area (Å²) in [6.45, 7) is 0.402. The van der Waals surface area contributed by atoms with Crippen molar-refractivity contribution in [2.75, 3.05) is 5.32 Å². The van der Waals surface area contributed by atoms with E-state index >= 15 is 0 Å². The summed E-state index contributed by atoms with van der Waals surface area (Å²) >= 11 is 6.13. The number of halogens is 1. The van der Waals surface area contributed by atoms with E-state index in [0.29, 0.717) is 42.4 Å². The molecular formula is C22H22ClN3O3. The van der Waals surface area contributed by atoms with Crippen LogP contribution in [0.2, 0.25) is 0 Å². The number of amides is 1. The number of aliphatic hydroxyl groups is 1. The van der Waals surface area contributed by atoms with Crippen molar-refractivity contribution < 1.29 is 9.90 Å². The minimum Gasteiger partial charge on any atom is -0.392 e. The molecule has 2 aromatic carbocycles. The molecule has 29 heavy (non-hydrogen) atoms. The lowest BCUT2D eigenvalue weighted by Crippen LogP contribution is -2.35. The average Bonchev–Trinajstić information content (AvgIpc) is 2.73. The normalized spacial score (nSPS) is 21.8. The molecule has 0 saturated heterocycles. The van der Waals surface area contributed by atoms with E-state index in [0.717, 1.165) is 5.56 Å². The molecule has 4 rings (SSSR count). The van der Waals surface area contributed by atoms with Crippen molar-refractivity contribution in [2.45, 2.75) is 37.3 Å². The number of nitrogens with zero attached hydrogens (tertiary/aromatic N) is 2. The molecular weight excluding hydrogens is 390 g/mol. The Morgan fingerprint density at radius 2 is 1.97 bits per heavy atom. The van der Waals surface area contributed by atoms with E-state index < -0.39 is 11.5 Å². The zero-order chi connectivity index (χ0) is 20.4. The van der Waals surface area contributed by atoms with E-state index in [2.05, 4.69) is 10.3 Å². The third kappa shape index (κ3) is 4.18. The lowest BCUT2D eigenvalue weighted by molar-refractivity contribution is -0.121. The monoisotopic (exact) mass is 411 g/mol. The molecule has 0 radical (unpaired) electrons.